The number of methoxy groups -OCH3 is 1. The zero-order chi connectivity index (χ0) is 13.4. The number of rotatable bonds is 7. The molecular weight excluding hydrogens is 233 g/mol. The van der Waals surface area contributed by atoms with Crippen molar-refractivity contribution in [3.05, 3.63) is 35.6 Å². The van der Waals surface area contributed by atoms with E-state index in [2.05, 4.69) is 17.0 Å². The molecule has 100 valence electrons. The van der Waals surface area contributed by atoms with Crippen LogP contribution in [0.25, 0.3) is 0 Å². The predicted molar refractivity (Wildman–Crippen MR) is 68.7 cm³/mol. The summed E-state index contributed by atoms with van der Waals surface area (Å²) < 4.78 is 17.4. The molecule has 1 unspecified atom stereocenters. The second kappa shape index (κ2) is 7.82. The molecule has 0 saturated heterocycles. The molecule has 1 rings (SSSR count). The lowest BCUT2D eigenvalue weighted by molar-refractivity contribution is -0.140. The van der Waals surface area contributed by atoms with Crippen molar-refractivity contribution in [2.24, 2.45) is 0 Å². The lowest BCUT2D eigenvalue weighted by Crippen LogP contribution is -2.22. The fraction of sp³-hybridized carbons (Fsp3) is 0.500. The van der Waals surface area contributed by atoms with Crippen LogP contribution in [0.15, 0.2) is 24.3 Å². The van der Waals surface area contributed by atoms with Gasteiger partial charge in [0.15, 0.2) is 0 Å². The van der Waals surface area contributed by atoms with E-state index in [1.54, 1.807) is 12.1 Å². The van der Waals surface area contributed by atoms with Gasteiger partial charge in [-0.3, -0.25) is 4.79 Å². The fourth-order valence-corrected chi connectivity index (χ4v) is 1.80. The van der Waals surface area contributed by atoms with Gasteiger partial charge in [0.05, 0.1) is 7.11 Å². The summed E-state index contributed by atoms with van der Waals surface area (Å²) in [6, 6.07) is 6.71. The van der Waals surface area contributed by atoms with Crippen molar-refractivity contribution in [3.8, 4) is 0 Å². The van der Waals surface area contributed by atoms with E-state index in [-0.39, 0.29) is 17.8 Å². The van der Waals surface area contributed by atoms with E-state index in [4.69, 9.17) is 0 Å². The van der Waals surface area contributed by atoms with Crippen LogP contribution in [0.1, 0.15) is 37.8 Å². The zero-order valence-corrected chi connectivity index (χ0v) is 10.9. The molecule has 1 aromatic rings. The lowest BCUT2D eigenvalue weighted by Gasteiger charge is -2.17. The normalized spacial score (nSPS) is 12.2. The quantitative estimate of drug-likeness (QED) is 0.600. The number of hydrogen-bond acceptors (Lipinski definition) is 3. The van der Waals surface area contributed by atoms with Crippen LogP contribution in [0.3, 0.4) is 0 Å². The Balaban J connectivity index is 2.38. The third-order valence-electron chi connectivity index (χ3n) is 2.86. The van der Waals surface area contributed by atoms with Crippen molar-refractivity contribution in [1.29, 1.82) is 0 Å². The minimum Gasteiger partial charge on any atom is -0.469 e. The van der Waals surface area contributed by atoms with Crippen molar-refractivity contribution in [3.63, 3.8) is 0 Å². The van der Waals surface area contributed by atoms with Crippen LogP contribution in [0.5, 0.6) is 0 Å². The predicted octanol–water partition coefficient (Wildman–Crippen LogP) is 2.82. The van der Waals surface area contributed by atoms with Crippen LogP contribution in [0.4, 0.5) is 4.39 Å². The summed E-state index contributed by atoms with van der Waals surface area (Å²) in [6.45, 7) is 2.81. The molecule has 0 aliphatic carbocycles. The van der Waals surface area contributed by atoms with Crippen molar-refractivity contribution in [2.75, 3.05) is 13.7 Å². The van der Waals surface area contributed by atoms with Gasteiger partial charge in [0, 0.05) is 12.5 Å². The summed E-state index contributed by atoms with van der Waals surface area (Å²) >= 11 is 0. The second-order valence-electron chi connectivity index (χ2n) is 4.15. The van der Waals surface area contributed by atoms with E-state index in [9.17, 15) is 9.18 Å². The number of esters is 1. The number of nitrogens with one attached hydrogen (secondary N) is 1. The van der Waals surface area contributed by atoms with Gasteiger partial charge in [-0.2, -0.15) is 0 Å². The molecule has 0 heterocycles. The summed E-state index contributed by atoms with van der Waals surface area (Å²) in [4.78, 5) is 10.9. The van der Waals surface area contributed by atoms with Crippen LogP contribution in [-0.4, -0.2) is 19.6 Å². The first-order valence-electron chi connectivity index (χ1n) is 6.23. The number of benzene rings is 1. The van der Waals surface area contributed by atoms with Gasteiger partial charge < -0.3 is 10.1 Å². The van der Waals surface area contributed by atoms with Gasteiger partial charge in [0.1, 0.15) is 5.82 Å². The third kappa shape index (κ3) is 4.84. The topological polar surface area (TPSA) is 38.3 Å². The van der Waals surface area contributed by atoms with E-state index in [0.717, 1.165) is 24.9 Å². The van der Waals surface area contributed by atoms with Crippen LogP contribution in [0, 0.1) is 5.82 Å². The molecule has 18 heavy (non-hydrogen) atoms. The first kappa shape index (κ1) is 14.6. The largest absolute Gasteiger partial charge is 0.469 e. The van der Waals surface area contributed by atoms with Crippen LogP contribution < -0.4 is 5.32 Å². The molecule has 1 atom stereocenters. The molecule has 3 nitrogen and oxygen atoms in total. The molecule has 0 radical (unpaired) electrons. The highest BCUT2D eigenvalue weighted by Gasteiger charge is 2.08. The highest BCUT2D eigenvalue weighted by Crippen LogP contribution is 2.16. The summed E-state index contributed by atoms with van der Waals surface area (Å²) in [6.07, 6.45) is 2.08. The van der Waals surface area contributed by atoms with Gasteiger partial charge in [-0.25, -0.2) is 4.39 Å². The standard InChI is InChI=1S/C14H20FNO2/c1-3-13(11-6-8-12(15)9-7-11)16-10-4-5-14(17)18-2/h6-9,13,16H,3-5,10H2,1-2H3. The van der Waals surface area contributed by atoms with E-state index < -0.39 is 0 Å². The number of hydrogen-bond donors (Lipinski definition) is 1. The van der Waals surface area contributed by atoms with Crippen molar-refractivity contribution in [1.82, 2.24) is 5.32 Å². The Morgan fingerprint density at radius 3 is 2.61 bits per heavy atom. The highest BCUT2D eigenvalue weighted by atomic mass is 19.1. The monoisotopic (exact) mass is 253 g/mol. The minimum atomic E-state index is -0.223. The summed E-state index contributed by atoms with van der Waals surface area (Å²) in [5.74, 6) is -0.411. The van der Waals surface area contributed by atoms with Gasteiger partial charge >= 0.3 is 5.97 Å². The van der Waals surface area contributed by atoms with Gasteiger partial charge in [-0.1, -0.05) is 19.1 Å². The maximum Gasteiger partial charge on any atom is 0.305 e. The molecule has 1 N–H and O–H groups in total. The van der Waals surface area contributed by atoms with Crippen molar-refractivity contribution in [2.45, 2.75) is 32.2 Å². The third-order valence-corrected chi connectivity index (χ3v) is 2.86. The molecule has 0 spiro atoms. The fourth-order valence-electron chi connectivity index (χ4n) is 1.80. The highest BCUT2D eigenvalue weighted by molar-refractivity contribution is 5.69. The second-order valence-corrected chi connectivity index (χ2v) is 4.15. The maximum absolute atomic E-state index is 12.8. The van der Waals surface area contributed by atoms with Gasteiger partial charge in [0.25, 0.3) is 0 Å². The van der Waals surface area contributed by atoms with Crippen molar-refractivity contribution >= 4 is 5.97 Å². The zero-order valence-electron chi connectivity index (χ0n) is 10.9. The van der Waals surface area contributed by atoms with Crippen molar-refractivity contribution < 1.29 is 13.9 Å². The molecule has 0 aliphatic rings. The number of carbonyl (C=O) groups is 1. The Bertz CT molecular complexity index is 365. The Kier molecular flexibility index (Phi) is 6.36. The first-order valence-corrected chi connectivity index (χ1v) is 6.23. The Morgan fingerprint density at radius 1 is 1.39 bits per heavy atom. The molecule has 0 aliphatic heterocycles. The SMILES string of the molecule is CCC(NCCCC(=O)OC)c1ccc(F)cc1. The number of halogens is 1. The molecular formula is C14H20FNO2. The molecule has 0 fully saturated rings. The molecule has 0 bridgehead atoms. The van der Waals surface area contributed by atoms with Crippen LogP contribution >= 0.6 is 0 Å². The average Bonchev–Trinajstić information content (AvgIpc) is 2.40. The maximum atomic E-state index is 12.8. The van der Waals surface area contributed by atoms with E-state index in [0.29, 0.717) is 6.42 Å². The van der Waals surface area contributed by atoms with Crippen LogP contribution in [-0.2, 0) is 9.53 Å². The molecule has 0 aromatic heterocycles. The molecule has 0 amide bonds. The Morgan fingerprint density at radius 2 is 2.06 bits per heavy atom. The van der Waals surface area contributed by atoms with Crippen LogP contribution in [0.2, 0.25) is 0 Å². The van der Waals surface area contributed by atoms with Gasteiger partial charge in [-0.15, -0.1) is 0 Å². The van der Waals surface area contributed by atoms with E-state index in [1.807, 2.05) is 0 Å². The van der Waals surface area contributed by atoms with Gasteiger partial charge in [-0.05, 0) is 37.1 Å². The summed E-state index contributed by atoms with van der Waals surface area (Å²) in [5.41, 5.74) is 1.07. The summed E-state index contributed by atoms with van der Waals surface area (Å²) in [7, 11) is 1.39. The van der Waals surface area contributed by atoms with Gasteiger partial charge in [0.2, 0.25) is 0 Å². The Hall–Kier alpha value is -1.42. The molecule has 0 saturated carbocycles. The minimum absolute atomic E-state index is 0.188. The van der Waals surface area contributed by atoms with E-state index in [1.165, 1.54) is 19.2 Å². The number of carbonyl (C=O) groups excluding carboxylic acids is 1. The lowest BCUT2D eigenvalue weighted by atomic mass is 10.0. The first-order chi connectivity index (χ1) is 8.67. The van der Waals surface area contributed by atoms with E-state index >= 15 is 0 Å². The number of ether oxygens (including phenoxy) is 1. The summed E-state index contributed by atoms with van der Waals surface area (Å²) in [5, 5.41) is 3.35. The molecule has 1 aromatic carbocycles. The average molecular weight is 253 g/mol. The Labute approximate surface area is 107 Å². The molecule has 4 heteroatoms. The smallest absolute Gasteiger partial charge is 0.305 e.